The summed E-state index contributed by atoms with van der Waals surface area (Å²) in [5, 5.41) is 11.8. The van der Waals surface area contributed by atoms with E-state index in [1.54, 1.807) is 6.20 Å². The van der Waals surface area contributed by atoms with Crippen LogP contribution in [0.1, 0.15) is 0 Å². The molecule has 0 bridgehead atoms. The average molecular weight is 216 g/mol. The number of benzene rings is 1. The summed E-state index contributed by atoms with van der Waals surface area (Å²) in [7, 11) is 0. The highest BCUT2D eigenvalue weighted by molar-refractivity contribution is 7.09. The zero-order valence-corrected chi connectivity index (χ0v) is 8.38. The van der Waals surface area contributed by atoms with Crippen LogP contribution in [-0.4, -0.2) is 19.6 Å². The van der Waals surface area contributed by atoms with E-state index in [2.05, 4.69) is 31.2 Å². The second-order valence-corrected chi connectivity index (χ2v) is 3.75. The molecular formula is C9H6N5S. The van der Waals surface area contributed by atoms with Crippen molar-refractivity contribution in [2.45, 2.75) is 0 Å². The van der Waals surface area contributed by atoms with Crippen LogP contribution in [0.2, 0.25) is 0 Å². The molecule has 1 radical (unpaired) electrons. The summed E-state index contributed by atoms with van der Waals surface area (Å²) in [5.41, 5.74) is 1.98. The van der Waals surface area contributed by atoms with E-state index >= 15 is 0 Å². The second kappa shape index (κ2) is 3.32. The molecule has 3 rings (SSSR count). The highest BCUT2D eigenvalue weighted by atomic mass is 32.1. The zero-order chi connectivity index (χ0) is 10.1. The molecule has 2 N–H and O–H groups in total. The number of H-pyrrole nitrogens is 1. The number of nitrogens with zero attached hydrogens (tertiary/aromatic N) is 3. The highest BCUT2D eigenvalue weighted by Gasteiger charge is 2.00. The van der Waals surface area contributed by atoms with Crippen molar-refractivity contribution in [1.82, 2.24) is 19.6 Å². The van der Waals surface area contributed by atoms with Crippen molar-refractivity contribution in [1.29, 1.82) is 0 Å². The van der Waals surface area contributed by atoms with Crippen molar-refractivity contribution in [2.75, 3.05) is 5.32 Å². The van der Waals surface area contributed by atoms with Crippen LogP contribution >= 0.6 is 11.5 Å². The van der Waals surface area contributed by atoms with Gasteiger partial charge in [0.1, 0.15) is 0 Å². The van der Waals surface area contributed by atoms with Crippen LogP contribution in [0, 0.1) is 6.33 Å². The molecule has 2 aromatic heterocycles. The van der Waals surface area contributed by atoms with E-state index in [0.717, 1.165) is 21.7 Å². The van der Waals surface area contributed by atoms with Crippen LogP contribution < -0.4 is 5.32 Å². The quantitative estimate of drug-likeness (QED) is 0.687. The molecular weight excluding hydrogens is 210 g/mol. The van der Waals surface area contributed by atoms with Gasteiger partial charge in [-0.25, -0.2) is 0 Å². The third-order valence-electron chi connectivity index (χ3n) is 2.02. The van der Waals surface area contributed by atoms with Gasteiger partial charge in [0.25, 0.3) is 0 Å². The Balaban J connectivity index is 1.97. The van der Waals surface area contributed by atoms with Crippen LogP contribution in [0.5, 0.6) is 0 Å². The number of hydrogen-bond donors (Lipinski definition) is 2. The Morgan fingerprint density at radius 1 is 1.40 bits per heavy atom. The van der Waals surface area contributed by atoms with Crippen molar-refractivity contribution < 1.29 is 0 Å². The third-order valence-corrected chi connectivity index (χ3v) is 2.56. The number of aromatic amines is 1. The van der Waals surface area contributed by atoms with Gasteiger partial charge in [-0.05, 0) is 18.2 Å². The highest BCUT2D eigenvalue weighted by Crippen LogP contribution is 2.20. The maximum Gasteiger partial charge on any atom is 0.213 e. The Bertz CT molecular complexity index is 571. The molecule has 3 aromatic rings. The number of rotatable bonds is 2. The monoisotopic (exact) mass is 216 g/mol. The summed E-state index contributed by atoms with van der Waals surface area (Å²) >= 11 is 1.27. The molecule has 0 unspecified atom stereocenters. The summed E-state index contributed by atoms with van der Waals surface area (Å²) in [5.74, 6) is 0. The first-order chi connectivity index (χ1) is 7.42. The van der Waals surface area contributed by atoms with Gasteiger partial charge in [0.05, 0.1) is 11.7 Å². The summed E-state index contributed by atoms with van der Waals surface area (Å²) < 4.78 is 3.80. The van der Waals surface area contributed by atoms with Gasteiger partial charge in [0, 0.05) is 22.6 Å². The van der Waals surface area contributed by atoms with Gasteiger partial charge < -0.3 is 5.32 Å². The van der Waals surface area contributed by atoms with Crippen LogP contribution in [0.3, 0.4) is 0 Å². The Morgan fingerprint density at radius 3 is 3.27 bits per heavy atom. The van der Waals surface area contributed by atoms with E-state index in [4.69, 9.17) is 0 Å². The second-order valence-electron chi connectivity index (χ2n) is 3.00. The van der Waals surface area contributed by atoms with Gasteiger partial charge in [0.2, 0.25) is 11.5 Å². The predicted octanol–water partition coefficient (Wildman–Crippen LogP) is 1.96. The average Bonchev–Trinajstić information content (AvgIpc) is 2.87. The Hall–Kier alpha value is -1.95. The van der Waals surface area contributed by atoms with Gasteiger partial charge in [0.15, 0.2) is 0 Å². The van der Waals surface area contributed by atoms with Crippen LogP contribution in [0.4, 0.5) is 10.8 Å². The topological polar surface area (TPSA) is 66.5 Å². The molecule has 0 saturated heterocycles. The molecule has 1 aromatic carbocycles. The lowest BCUT2D eigenvalue weighted by molar-refractivity contribution is 1.12. The Kier molecular flexibility index (Phi) is 1.85. The summed E-state index contributed by atoms with van der Waals surface area (Å²) in [6.07, 6.45) is 4.30. The molecule has 0 amide bonds. The summed E-state index contributed by atoms with van der Waals surface area (Å²) in [4.78, 5) is 3.93. The summed E-state index contributed by atoms with van der Waals surface area (Å²) in [6.45, 7) is 0. The van der Waals surface area contributed by atoms with Crippen LogP contribution in [0.15, 0.2) is 24.4 Å². The fourth-order valence-electron chi connectivity index (χ4n) is 1.34. The minimum Gasteiger partial charge on any atom is -0.330 e. The van der Waals surface area contributed by atoms with Crippen LogP contribution in [-0.2, 0) is 0 Å². The lowest BCUT2D eigenvalue weighted by atomic mass is 10.2. The number of hydrogen-bond acceptors (Lipinski definition) is 5. The molecule has 2 heterocycles. The first-order valence-corrected chi connectivity index (χ1v) is 5.09. The van der Waals surface area contributed by atoms with Gasteiger partial charge in [-0.2, -0.15) is 14.5 Å². The van der Waals surface area contributed by atoms with E-state index in [1.165, 1.54) is 11.5 Å². The zero-order valence-electron chi connectivity index (χ0n) is 7.56. The van der Waals surface area contributed by atoms with Crippen LogP contribution in [0.25, 0.3) is 10.9 Å². The summed E-state index contributed by atoms with van der Waals surface area (Å²) in [6, 6.07) is 5.93. The smallest absolute Gasteiger partial charge is 0.213 e. The Morgan fingerprint density at radius 2 is 2.40 bits per heavy atom. The normalized spacial score (nSPS) is 10.7. The fourth-order valence-corrected chi connectivity index (χ4v) is 1.76. The number of anilines is 2. The standard InChI is InChI=1S/C9H6N5S/c1-2-8-6(4-11-14-8)3-7(1)13-9-10-5-12-15-9/h1-4H,(H,11,14)(H,10,12,13). The third kappa shape index (κ3) is 1.55. The molecule has 73 valence electrons. The van der Waals surface area contributed by atoms with Gasteiger partial charge in [-0.1, -0.05) is 0 Å². The minimum absolute atomic E-state index is 0.734. The molecule has 6 heteroatoms. The van der Waals surface area contributed by atoms with Crippen molar-refractivity contribution in [2.24, 2.45) is 0 Å². The fraction of sp³-hybridized carbons (Fsp3) is 0. The lowest BCUT2D eigenvalue weighted by Gasteiger charge is -2.00. The molecule has 0 saturated carbocycles. The van der Waals surface area contributed by atoms with Crippen molar-refractivity contribution in [3.05, 3.63) is 30.7 Å². The first-order valence-electron chi connectivity index (χ1n) is 4.32. The van der Waals surface area contributed by atoms with Crippen molar-refractivity contribution in [3.8, 4) is 0 Å². The van der Waals surface area contributed by atoms with E-state index < -0.39 is 0 Å². The van der Waals surface area contributed by atoms with Crippen molar-refractivity contribution in [3.63, 3.8) is 0 Å². The van der Waals surface area contributed by atoms with Gasteiger partial charge in [-0.15, -0.1) is 0 Å². The number of nitrogens with one attached hydrogen (secondary N) is 2. The van der Waals surface area contributed by atoms with E-state index in [0.29, 0.717) is 0 Å². The van der Waals surface area contributed by atoms with Gasteiger partial charge >= 0.3 is 0 Å². The maximum absolute atomic E-state index is 3.96. The lowest BCUT2D eigenvalue weighted by Crippen LogP contribution is -1.88. The van der Waals surface area contributed by atoms with E-state index in [-0.39, 0.29) is 0 Å². The SMILES string of the molecule is [c]1nsc(Nc2ccc3[nH]ncc3c2)n1. The predicted molar refractivity (Wildman–Crippen MR) is 58.1 cm³/mol. The molecule has 5 nitrogen and oxygen atoms in total. The number of aromatic nitrogens is 4. The largest absolute Gasteiger partial charge is 0.330 e. The minimum atomic E-state index is 0.734. The molecule has 0 spiro atoms. The molecule has 0 fully saturated rings. The molecule has 0 aliphatic rings. The molecule has 0 aliphatic carbocycles. The molecule has 0 aliphatic heterocycles. The Labute approximate surface area is 89.3 Å². The first kappa shape index (κ1) is 8.37. The van der Waals surface area contributed by atoms with E-state index in [1.807, 2.05) is 18.2 Å². The van der Waals surface area contributed by atoms with Gasteiger partial charge in [-0.3, -0.25) is 5.10 Å². The molecule has 0 atom stereocenters. The molecule has 15 heavy (non-hydrogen) atoms. The maximum atomic E-state index is 3.96. The van der Waals surface area contributed by atoms with E-state index in [9.17, 15) is 0 Å². The number of fused-ring (bicyclic) bond motifs is 1. The van der Waals surface area contributed by atoms with Crippen molar-refractivity contribution >= 4 is 33.3 Å².